The second-order valence-electron chi connectivity index (χ2n) is 5.37. The Morgan fingerprint density at radius 1 is 1.18 bits per heavy atom. The van der Waals surface area contributed by atoms with Gasteiger partial charge in [0.05, 0.1) is 12.1 Å². The summed E-state index contributed by atoms with van der Waals surface area (Å²) < 4.78 is 12.9. The molecule has 0 atom stereocenters. The van der Waals surface area contributed by atoms with E-state index in [0.29, 0.717) is 5.56 Å². The second-order valence-corrected chi connectivity index (χ2v) is 6.15. The van der Waals surface area contributed by atoms with Gasteiger partial charge in [-0.25, -0.2) is 4.39 Å². The monoisotopic (exact) mass is 320 g/mol. The Labute approximate surface area is 132 Å². The number of hydrogen-bond acceptors (Lipinski definition) is 3. The molecule has 0 bridgehead atoms. The number of carbonyl (C=O) groups is 2. The first kappa shape index (κ1) is 16.2. The van der Waals surface area contributed by atoms with Crippen LogP contribution in [0.2, 0.25) is 0 Å². The summed E-state index contributed by atoms with van der Waals surface area (Å²) in [5, 5.41) is 8.90. The highest BCUT2D eigenvalue weighted by molar-refractivity contribution is 7.08. The minimum Gasteiger partial charge on any atom is -0.346 e. The number of thiophene rings is 1. The molecule has 2 N–H and O–H groups in total. The summed E-state index contributed by atoms with van der Waals surface area (Å²) in [6, 6.07) is 7.64. The van der Waals surface area contributed by atoms with Gasteiger partial charge in [-0.3, -0.25) is 9.59 Å². The van der Waals surface area contributed by atoms with Gasteiger partial charge in [-0.1, -0.05) is 12.1 Å². The van der Waals surface area contributed by atoms with E-state index in [2.05, 4.69) is 10.6 Å². The van der Waals surface area contributed by atoms with Crippen LogP contribution in [0.3, 0.4) is 0 Å². The van der Waals surface area contributed by atoms with Gasteiger partial charge < -0.3 is 10.6 Å². The van der Waals surface area contributed by atoms with E-state index in [1.165, 1.54) is 23.5 Å². The SMILES string of the molecule is CC(C)(NC(=O)CNC(=O)c1ccsc1)c1ccc(F)cc1. The van der Waals surface area contributed by atoms with E-state index in [-0.39, 0.29) is 24.2 Å². The average Bonchev–Trinajstić information content (AvgIpc) is 2.99. The van der Waals surface area contributed by atoms with Gasteiger partial charge in [0.15, 0.2) is 0 Å². The summed E-state index contributed by atoms with van der Waals surface area (Å²) in [6.45, 7) is 3.52. The molecule has 0 saturated carbocycles. The Morgan fingerprint density at radius 3 is 2.45 bits per heavy atom. The van der Waals surface area contributed by atoms with Gasteiger partial charge in [0.1, 0.15) is 5.82 Å². The Balaban J connectivity index is 1.90. The van der Waals surface area contributed by atoms with Gasteiger partial charge in [-0.05, 0) is 43.0 Å². The smallest absolute Gasteiger partial charge is 0.252 e. The lowest BCUT2D eigenvalue weighted by atomic mass is 9.94. The Morgan fingerprint density at radius 2 is 1.86 bits per heavy atom. The fourth-order valence-corrected chi connectivity index (χ4v) is 2.62. The molecule has 0 radical (unpaired) electrons. The van der Waals surface area contributed by atoms with E-state index in [4.69, 9.17) is 0 Å². The number of carbonyl (C=O) groups excluding carboxylic acids is 2. The molecule has 2 aromatic rings. The summed E-state index contributed by atoms with van der Waals surface area (Å²) in [4.78, 5) is 23.7. The van der Waals surface area contributed by atoms with Crippen LogP contribution in [0, 0.1) is 5.82 Å². The minimum absolute atomic E-state index is 0.112. The molecule has 2 rings (SSSR count). The Hall–Kier alpha value is -2.21. The molecule has 0 aliphatic carbocycles. The number of rotatable bonds is 5. The molecule has 1 aromatic heterocycles. The number of nitrogens with one attached hydrogen (secondary N) is 2. The lowest BCUT2D eigenvalue weighted by Crippen LogP contribution is -2.45. The third-order valence-corrected chi connectivity index (χ3v) is 3.89. The van der Waals surface area contributed by atoms with E-state index in [0.717, 1.165) is 5.56 Å². The van der Waals surface area contributed by atoms with Gasteiger partial charge in [0.2, 0.25) is 5.91 Å². The third-order valence-electron chi connectivity index (χ3n) is 3.21. The summed E-state index contributed by atoms with van der Waals surface area (Å²) in [5.41, 5.74) is 0.666. The van der Waals surface area contributed by atoms with Crippen molar-refractivity contribution < 1.29 is 14.0 Å². The van der Waals surface area contributed by atoms with Crippen LogP contribution < -0.4 is 10.6 Å². The molecule has 0 aliphatic rings. The Kier molecular flexibility index (Phi) is 4.92. The van der Waals surface area contributed by atoms with E-state index >= 15 is 0 Å². The van der Waals surface area contributed by atoms with Crippen LogP contribution in [0.4, 0.5) is 4.39 Å². The van der Waals surface area contributed by atoms with Crippen LogP contribution in [0.1, 0.15) is 29.8 Å². The molecule has 4 nitrogen and oxygen atoms in total. The second kappa shape index (κ2) is 6.70. The van der Waals surface area contributed by atoms with Crippen molar-refractivity contribution in [3.8, 4) is 0 Å². The van der Waals surface area contributed by atoms with Gasteiger partial charge in [0.25, 0.3) is 5.91 Å². The zero-order chi connectivity index (χ0) is 16.2. The van der Waals surface area contributed by atoms with Crippen molar-refractivity contribution in [1.82, 2.24) is 10.6 Å². The summed E-state index contributed by atoms with van der Waals surface area (Å²) in [7, 11) is 0. The minimum atomic E-state index is -0.655. The van der Waals surface area contributed by atoms with Crippen molar-refractivity contribution in [2.45, 2.75) is 19.4 Å². The zero-order valence-electron chi connectivity index (χ0n) is 12.4. The fraction of sp³-hybridized carbons (Fsp3) is 0.250. The van der Waals surface area contributed by atoms with Gasteiger partial charge in [-0.2, -0.15) is 11.3 Å². The van der Waals surface area contributed by atoms with Crippen LogP contribution in [0.5, 0.6) is 0 Å². The number of halogens is 1. The predicted molar refractivity (Wildman–Crippen MR) is 84.2 cm³/mol. The number of hydrogen-bond donors (Lipinski definition) is 2. The molecule has 116 valence electrons. The van der Waals surface area contributed by atoms with Crippen molar-refractivity contribution in [1.29, 1.82) is 0 Å². The lowest BCUT2D eigenvalue weighted by Gasteiger charge is -2.27. The maximum absolute atomic E-state index is 12.9. The van der Waals surface area contributed by atoms with Crippen molar-refractivity contribution in [3.05, 3.63) is 58.0 Å². The normalized spacial score (nSPS) is 11.0. The topological polar surface area (TPSA) is 58.2 Å². The first-order valence-electron chi connectivity index (χ1n) is 6.76. The molecule has 0 spiro atoms. The first-order valence-corrected chi connectivity index (χ1v) is 7.70. The van der Waals surface area contributed by atoms with Crippen LogP contribution in [0.15, 0.2) is 41.1 Å². The average molecular weight is 320 g/mol. The molecular weight excluding hydrogens is 303 g/mol. The Bertz CT molecular complexity index is 651. The molecule has 2 amide bonds. The van der Waals surface area contributed by atoms with Crippen LogP contribution >= 0.6 is 11.3 Å². The molecule has 0 saturated heterocycles. The fourth-order valence-electron chi connectivity index (χ4n) is 1.99. The molecular formula is C16H17FN2O2S. The largest absolute Gasteiger partial charge is 0.346 e. The van der Waals surface area contributed by atoms with Crippen LogP contribution in [0.25, 0.3) is 0 Å². The van der Waals surface area contributed by atoms with Gasteiger partial charge in [-0.15, -0.1) is 0 Å². The van der Waals surface area contributed by atoms with Crippen molar-refractivity contribution in [3.63, 3.8) is 0 Å². The first-order chi connectivity index (χ1) is 10.4. The molecule has 22 heavy (non-hydrogen) atoms. The van der Waals surface area contributed by atoms with Crippen LogP contribution in [-0.4, -0.2) is 18.4 Å². The number of benzene rings is 1. The molecule has 0 unspecified atom stereocenters. The van der Waals surface area contributed by atoms with E-state index in [9.17, 15) is 14.0 Å². The van der Waals surface area contributed by atoms with E-state index in [1.807, 2.05) is 13.8 Å². The highest BCUT2D eigenvalue weighted by Crippen LogP contribution is 2.19. The summed E-state index contributed by atoms with van der Waals surface area (Å²) >= 11 is 1.42. The van der Waals surface area contributed by atoms with Gasteiger partial charge >= 0.3 is 0 Å². The molecule has 1 heterocycles. The molecule has 6 heteroatoms. The molecule has 1 aromatic carbocycles. The highest BCUT2D eigenvalue weighted by atomic mass is 32.1. The van der Waals surface area contributed by atoms with Gasteiger partial charge in [0, 0.05) is 10.9 Å². The summed E-state index contributed by atoms with van der Waals surface area (Å²) in [5.74, 6) is -0.914. The highest BCUT2D eigenvalue weighted by Gasteiger charge is 2.23. The van der Waals surface area contributed by atoms with Crippen LogP contribution in [-0.2, 0) is 10.3 Å². The predicted octanol–water partition coefficient (Wildman–Crippen LogP) is 2.67. The zero-order valence-corrected chi connectivity index (χ0v) is 13.2. The molecule has 0 aliphatic heterocycles. The van der Waals surface area contributed by atoms with Crippen molar-refractivity contribution in [2.24, 2.45) is 0 Å². The quantitative estimate of drug-likeness (QED) is 0.890. The van der Waals surface area contributed by atoms with E-state index in [1.54, 1.807) is 29.0 Å². The maximum Gasteiger partial charge on any atom is 0.252 e. The molecule has 0 fully saturated rings. The maximum atomic E-state index is 12.9. The third kappa shape index (κ3) is 4.14. The van der Waals surface area contributed by atoms with Crippen molar-refractivity contribution in [2.75, 3.05) is 6.54 Å². The lowest BCUT2D eigenvalue weighted by molar-refractivity contribution is -0.121. The number of amides is 2. The summed E-state index contributed by atoms with van der Waals surface area (Å²) in [6.07, 6.45) is 0. The standard InChI is InChI=1S/C16H17FN2O2S/c1-16(2,12-3-5-13(17)6-4-12)19-14(20)9-18-15(21)11-7-8-22-10-11/h3-8,10H,9H2,1-2H3,(H,18,21)(H,19,20). The van der Waals surface area contributed by atoms with E-state index < -0.39 is 5.54 Å². The van der Waals surface area contributed by atoms with Crippen molar-refractivity contribution >= 4 is 23.2 Å².